The lowest BCUT2D eigenvalue weighted by Gasteiger charge is -2.31. The highest BCUT2D eigenvalue weighted by Gasteiger charge is 2.33. The van der Waals surface area contributed by atoms with Crippen molar-refractivity contribution in [2.75, 3.05) is 38.6 Å². The van der Waals surface area contributed by atoms with Crippen molar-refractivity contribution in [2.45, 2.75) is 55.7 Å². The highest BCUT2D eigenvalue weighted by Crippen LogP contribution is 2.32. The van der Waals surface area contributed by atoms with Crippen LogP contribution in [-0.4, -0.2) is 64.6 Å². The number of nitrogens with one attached hydrogen (secondary N) is 1. The van der Waals surface area contributed by atoms with E-state index in [-0.39, 0.29) is 34.5 Å². The first-order valence-electron chi connectivity index (χ1n) is 12.6. The molecule has 0 saturated carbocycles. The van der Waals surface area contributed by atoms with E-state index in [0.717, 1.165) is 24.8 Å². The van der Waals surface area contributed by atoms with Crippen LogP contribution >= 0.6 is 0 Å². The Morgan fingerprint density at radius 1 is 0.865 bits per heavy atom. The molecule has 1 amide bonds. The van der Waals surface area contributed by atoms with E-state index in [9.17, 15) is 21.6 Å². The van der Waals surface area contributed by atoms with Crippen molar-refractivity contribution in [3.63, 3.8) is 0 Å². The quantitative estimate of drug-likeness (QED) is 0.565. The van der Waals surface area contributed by atoms with E-state index in [0.29, 0.717) is 37.2 Å². The van der Waals surface area contributed by atoms with E-state index in [1.165, 1.54) is 27.9 Å². The van der Waals surface area contributed by atoms with Gasteiger partial charge in [-0.1, -0.05) is 24.1 Å². The smallest absolute Gasteiger partial charge is 0.243 e. The molecular formula is C26H35N3O6S2. The van der Waals surface area contributed by atoms with Gasteiger partial charge < -0.3 is 10.1 Å². The van der Waals surface area contributed by atoms with Crippen LogP contribution < -0.4 is 10.1 Å². The van der Waals surface area contributed by atoms with Crippen LogP contribution in [0.4, 0.5) is 5.69 Å². The number of rotatable bonds is 7. The Balaban J connectivity index is 1.45. The monoisotopic (exact) mass is 549 g/mol. The maximum absolute atomic E-state index is 13.2. The summed E-state index contributed by atoms with van der Waals surface area (Å²) in [5.74, 6) is -0.326. The average molecular weight is 550 g/mol. The molecular weight excluding hydrogens is 514 g/mol. The van der Waals surface area contributed by atoms with Gasteiger partial charge in [0, 0.05) is 32.1 Å². The number of amides is 1. The first-order valence-corrected chi connectivity index (χ1v) is 15.5. The van der Waals surface area contributed by atoms with E-state index in [1.807, 2.05) is 13.0 Å². The number of benzene rings is 2. The summed E-state index contributed by atoms with van der Waals surface area (Å²) in [6, 6.07) is 9.75. The molecule has 0 aromatic heterocycles. The molecule has 2 aliphatic heterocycles. The largest absolute Gasteiger partial charge is 0.495 e. The highest BCUT2D eigenvalue weighted by molar-refractivity contribution is 7.89. The summed E-state index contributed by atoms with van der Waals surface area (Å²) in [6.07, 6.45) is 3.41. The number of hydrogen-bond acceptors (Lipinski definition) is 6. The molecule has 0 unspecified atom stereocenters. The van der Waals surface area contributed by atoms with Crippen LogP contribution in [0.1, 0.15) is 43.2 Å². The third kappa shape index (κ3) is 5.84. The number of carbonyl (C=O) groups is 1. The summed E-state index contributed by atoms with van der Waals surface area (Å²) in [6.45, 7) is 5.14. The summed E-state index contributed by atoms with van der Waals surface area (Å²) >= 11 is 0. The maximum atomic E-state index is 13.2. The Kier molecular flexibility index (Phi) is 8.27. The molecule has 202 valence electrons. The van der Waals surface area contributed by atoms with Crippen molar-refractivity contribution in [3.8, 4) is 5.75 Å². The molecule has 0 radical (unpaired) electrons. The Morgan fingerprint density at radius 3 is 2.14 bits per heavy atom. The van der Waals surface area contributed by atoms with Gasteiger partial charge in [-0.3, -0.25) is 4.79 Å². The fourth-order valence-corrected chi connectivity index (χ4v) is 8.24. The molecule has 37 heavy (non-hydrogen) atoms. The molecule has 1 N–H and O–H groups in total. The molecule has 2 fully saturated rings. The van der Waals surface area contributed by atoms with Gasteiger partial charge in [-0.05, 0) is 69.4 Å². The van der Waals surface area contributed by atoms with E-state index in [1.54, 1.807) is 25.1 Å². The van der Waals surface area contributed by atoms with Crippen molar-refractivity contribution in [2.24, 2.45) is 5.92 Å². The Labute approximate surface area is 219 Å². The molecule has 0 spiro atoms. The average Bonchev–Trinajstić information content (AvgIpc) is 2.89. The molecule has 2 aromatic rings. The van der Waals surface area contributed by atoms with Crippen molar-refractivity contribution >= 4 is 31.6 Å². The predicted molar refractivity (Wildman–Crippen MR) is 142 cm³/mol. The van der Waals surface area contributed by atoms with Crippen LogP contribution in [0.5, 0.6) is 5.75 Å². The molecule has 2 heterocycles. The van der Waals surface area contributed by atoms with Crippen molar-refractivity contribution in [1.82, 2.24) is 8.61 Å². The summed E-state index contributed by atoms with van der Waals surface area (Å²) < 4.78 is 60.9. The molecule has 2 aliphatic rings. The van der Waals surface area contributed by atoms with Gasteiger partial charge in [0.15, 0.2) is 0 Å². The van der Waals surface area contributed by atoms with Crippen LogP contribution in [0.15, 0.2) is 46.2 Å². The van der Waals surface area contributed by atoms with E-state index < -0.39 is 26.0 Å². The van der Waals surface area contributed by atoms with E-state index in [4.69, 9.17) is 4.74 Å². The van der Waals surface area contributed by atoms with Crippen LogP contribution in [0, 0.1) is 19.8 Å². The number of anilines is 1. The molecule has 9 nitrogen and oxygen atoms in total. The summed E-state index contributed by atoms with van der Waals surface area (Å²) in [5.41, 5.74) is 1.98. The van der Waals surface area contributed by atoms with Gasteiger partial charge in [0.05, 0.1) is 22.6 Å². The molecule has 0 bridgehead atoms. The second kappa shape index (κ2) is 11.1. The Hall–Kier alpha value is -2.47. The number of aryl methyl sites for hydroxylation is 2. The van der Waals surface area contributed by atoms with Crippen LogP contribution in [0.3, 0.4) is 0 Å². The molecule has 2 aromatic carbocycles. The molecule has 2 saturated heterocycles. The minimum absolute atomic E-state index is 0.111. The summed E-state index contributed by atoms with van der Waals surface area (Å²) in [4.78, 5) is 13.5. The molecule has 0 aliphatic carbocycles. The first kappa shape index (κ1) is 27.6. The van der Waals surface area contributed by atoms with Gasteiger partial charge in [0.2, 0.25) is 26.0 Å². The minimum Gasteiger partial charge on any atom is -0.495 e. The predicted octanol–water partition coefficient (Wildman–Crippen LogP) is 3.53. The zero-order valence-corrected chi connectivity index (χ0v) is 23.2. The minimum atomic E-state index is -3.67. The standard InChI is InChI=1S/C26H35N3O6S2/c1-19-7-10-25(20(2)17-19)37(33,34)29-15-11-21(12-16-29)26(30)27-23-18-22(8-9-24(23)35-3)36(31,32)28-13-5-4-6-14-28/h7-10,17-18,21H,4-6,11-16H2,1-3H3,(H,27,30). The van der Waals surface area contributed by atoms with Crippen molar-refractivity contribution < 1.29 is 26.4 Å². The fraction of sp³-hybridized carbons (Fsp3) is 0.500. The Bertz CT molecular complexity index is 1360. The zero-order chi connectivity index (χ0) is 26.8. The zero-order valence-electron chi connectivity index (χ0n) is 21.6. The van der Waals surface area contributed by atoms with Gasteiger partial charge in [-0.15, -0.1) is 0 Å². The van der Waals surface area contributed by atoms with Crippen molar-refractivity contribution in [1.29, 1.82) is 0 Å². The Morgan fingerprint density at radius 2 is 1.51 bits per heavy atom. The van der Waals surface area contributed by atoms with Crippen molar-refractivity contribution in [3.05, 3.63) is 47.5 Å². The highest BCUT2D eigenvalue weighted by atomic mass is 32.2. The van der Waals surface area contributed by atoms with Gasteiger partial charge in [0.25, 0.3) is 0 Å². The first-order chi connectivity index (χ1) is 17.5. The van der Waals surface area contributed by atoms with E-state index >= 15 is 0 Å². The van der Waals surface area contributed by atoms with Gasteiger partial charge >= 0.3 is 0 Å². The van der Waals surface area contributed by atoms with Crippen LogP contribution in [-0.2, 0) is 24.8 Å². The lowest BCUT2D eigenvalue weighted by molar-refractivity contribution is -0.120. The van der Waals surface area contributed by atoms with Crippen LogP contribution in [0.25, 0.3) is 0 Å². The number of ether oxygens (including phenoxy) is 1. The SMILES string of the molecule is COc1ccc(S(=O)(=O)N2CCCCC2)cc1NC(=O)C1CCN(S(=O)(=O)c2ccc(C)cc2C)CC1. The second-order valence-corrected chi connectivity index (χ2v) is 13.6. The van der Waals surface area contributed by atoms with Crippen LogP contribution in [0.2, 0.25) is 0 Å². The lowest BCUT2D eigenvalue weighted by Crippen LogP contribution is -2.41. The lowest BCUT2D eigenvalue weighted by atomic mass is 9.97. The fourth-order valence-electron chi connectivity index (χ4n) is 5.02. The number of carbonyl (C=O) groups excluding carboxylic acids is 1. The maximum Gasteiger partial charge on any atom is 0.243 e. The van der Waals surface area contributed by atoms with Gasteiger partial charge in [0.1, 0.15) is 5.75 Å². The number of hydrogen-bond donors (Lipinski definition) is 1. The second-order valence-electron chi connectivity index (χ2n) is 9.76. The normalized spacial score (nSPS) is 18.5. The van der Waals surface area contributed by atoms with E-state index in [2.05, 4.69) is 5.32 Å². The number of sulfonamides is 2. The third-order valence-electron chi connectivity index (χ3n) is 7.15. The molecule has 4 rings (SSSR count). The number of nitrogens with zero attached hydrogens (tertiary/aromatic N) is 2. The summed E-state index contributed by atoms with van der Waals surface area (Å²) in [5, 5.41) is 2.83. The molecule has 11 heteroatoms. The van der Waals surface area contributed by atoms with Gasteiger partial charge in [-0.25, -0.2) is 16.8 Å². The number of methoxy groups -OCH3 is 1. The number of piperidine rings is 2. The summed E-state index contributed by atoms with van der Waals surface area (Å²) in [7, 11) is -5.87. The van der Waals surface area contributed by atoms with Gasteiger partial charge in [-0.2, -0.15) is 8.61 Å². The molecule has 0 atom stereocenters. The third-order valence-corrected chi connectivity index (χ3v) is 11.1. The topological polar surface area (TPSA) is 113 Å².